The normalized spacial score (nSPS) is 12.6. The fourth-order valence-electron chi connectivity index (χ4n) is 2.11. The molecule has 1 aromatic carbocycles. The molecule has 0 fully saturated rings. The van der Waals surface area contributed by atoms with Crippen molar-refractivity contribution in [3.05, 3.63) is 51.6 Å². The van der Waals surface area contributed by atoms with Gasteiger partial charge in [-0.25, -0.2) is 9.97 Å². The maximum Gasteiger partial charge on any atom is 0.147 e. The van der Waals surface area contributed by atoms with Crippen LogP contribution in [0, 0.1) is 6.92 Å². The number of aromatic nitrogens is 2. The molecule has 102 valence electrons. The lowest BCUT2D eigenvalue weighted by Crippen LogP contribution is -2.08. The molecule has 1 unspecified atom stereocenters. The molecule has 3 aromatic rings. The highest BCUT2D eigenvalue weighted by Gasteiger charge is 2.11. The van der Waals surface area contributed by atoms with Crippen molar-refractivity contribution in [2.24, 2.45) is 0 Å². The van der Waals surface area contributed by atoms with E-state index in [0.29, 0.717) is 0 Å². The predicted octanol–water partition coefficient (Wildman–Crippen LogP) is 4.94. The van der Waals surface area contributed by atoms with Crippen LogP contribution < -0.4 is 5.32 Å². The standard InChI is InChI=1S/C15H14BrN3S/c1-9-7-20-14-13(9)17-8-18-15(14)19-10(2)11-3-5-12(16)6-4-11/h3-8,10H,1-2H3,(H,17,18,19). The van der Waals surface area contributed by atoms with Crippen LogP contribution in [0.1, 0.15) is 24.1 Å². The van der Waals surface area contributed by atoms with Crippen LogP contribution in [0.4, 0.5) is 5.82 Å². The summed E-state index contributed by atoms with van der Waals surface area (Å²) in [6.07, 6.45) is 1.62. The Labute approximate surface area is 130 Å². The van der Waals surface area contributed by atoms with Gasteiger partial charge < -0.3 is 5.32 Å². The second-order valence-corrected chi connectivity index (χ2v) is 6.53. The van der Waals surface area contributed by atoms with E-state index in [2.05, 4.69) is 74.7 Å². The molecule has 5 heteroatoms. The maximum absolute atomic E-state index is 4.38. The van der Waals surface area contributed by atoms with Gasteiger partial charge in [0.1, 0.15) is 12.1 Å². The third-order valence-electron chi connectivity index (χ3n) is 3.25. The van der Waals surface area contributed by atoms with Gasteiger partial charge in [0.05, 0.1) is 10.2 Å². The summed E-state index contributed by atoms with van der Waals surface area (Å²) in [5.74, 6) is 0.906. The third kappa shape index (κ3) is 2.55. The second kappa shape index (κ2) is 5.50. The van der Waals surface area contributed by atoms with E-state index in [0.717, 1.165) is 20.5 Å². The highest BCUT2D eigenvalue weighted by Crippen LogP contribution is 2.30. The van der Waals surface area contributed by atoms with Crippen molar-refractivity contribution in [1.29, 1.82) is 0 Å². The number of hydrogen-bond donors (Lipinski definition) is 1. The summed E-state index contributed by atoms with van der Waals surface area (Å²) in [7, 11) is 0. The molecule has 0 radical (unpaired) electrons. The number of fused-ring (bicyclic) bond motifs is 1. The van der Waals surface area contributed by atoms with Gasteiger partial charge >= 0.3 is 0 Å². The Morgan fingerprint density at radius 1 is 1.20 bits per heavy atom. The zero-order valence-corrected chi connectivity index (χ0v) is 13.6. The van der Waals surface area contributed by atoms with Crippen LogP contribution in [0.2, 0.25) is 0 Å². The first-order valence-corrected chi connectivity index (χ1v) is 8.03. The Kier molecular flexibility index (Phi) is 3.72. The van der Waals surface area contributed by atoms with Gasteiger partial charge in [-0.05, 0) is 42.5 Å². The summed E-state index contributed by atoms with van der Waals surface area (Å²) >= 11 is 5.14. The number of nitrogens with zero attached hydrogens (tertiary/aromatic N) is 2. The lowest BCUT2D eigenvalue weighted by molar-refractivity contribution is 0.876. The minimum atomic E-state index is 0.198. The van der Waals surface area contributed by atoms with Crippen molar-refractivity contribution in [2.45, 2.75) is 19.9 Å². The van der Waals surface area contributed by atoms with Crippen LogP contribution in [0.5, 0.6) is 0 Å². The van der Waals surface area contributed by atoms with Crippen LogP contribution in [0.25, 0.3) is 10.2 Å². The van der Waals surface area contributed by atoms with E-state index in [1.54, 1.807) is 17.7 Å². The molecule has 0 saturated carbocycles. The van der Waals surface area contributed by atoms with Crippen LogP contribution in [0.15, 0.2) is 40.4 Å². The number of benzene rings is 1. The van der Waals surface area contributed by atoms with Crippen molar-refractivity contribution in [3.63, 3.8) is 0 Å². The molecule has 0 saturated heterocycles. The molecule has 3 nitrogen and oxygen atoms in total. The van der Waals surface area contributed by atoms with Crippen molar-refractivity contribution < 1.29 is 0 Å². The monoisotopic (exact) mass is 347 g/mol. The van der Waals surface area contributed by atoms with Gasteiger partial charge in [-0.1, -0.05) is 28.1 Å². The first-order chi connectivity index (χ1) is 9.65. The molecule has 3 rings (SSSR count). The molecular formula is C15H14BrN3S. The number of rotatable bonds is 3. The van der Waals surface area contributed by atoms with Crippen molar-refractivity contribution in [2.75, 3.05) is 5.32 Å². The Balaban J connectivity index is 1.91. The minimum absolute atomic E-state index is 0.198. The van der Waals surface area contributed by atoms with Gasteiger partial charge in [-0.15, -0.1) is 11.3 Å². The molecule has 0 spiro atoms. The molecule has 0 aliphatic carbocycles. The number of aryl methyl sites for hydroxylation is 1. The molecule has 0 aliphatic heterocycles. The Bertz CT molecular complexity index is 736. The number of hydrogen-bond acceptors (Lipinski definition) is 4. The van der Waals surface area contributed by atoms with Gasteiger partial charge in [0, 0.05) is 10.5 Å². The van der Waals surface area contributed by atoms with Crippen molar-refractivity contribution >= 4 is 43.3 Å². The largest absolute Gasteiger partial charge is 0.362 e. The van der Waals surface area contributed by atoms with E-state index >= 15 is 0 Å². The van der Waals surface area contributed by atoms with Crippen LogP contribution >= 0.6 is 27.3 Å². The fourth-order valence-corrected chi connectivity index (χ4v) is 3.33. The molecule has 2 aromatic heterocycles. The summed E-state index contributed by atoms with van der Waals surface area (Å²) in [6, 6.07) is 8.53. The Morgan fingerprint density at radius 3 is 2.70 bits per heavy atom. The van der Waals surface area contributed by atoms with Crippen molar-refractivity contribution in [3.8, 4) is 0 Å². The lowest BCUT2D eigenvalue weighted by atomic mass is 10.1. The summed E-state index contributed by atoms with van der Waals surface area (Å²) < 4.78 is 2.21. The first kappa shape index (κ1) is 13.5. The minimum Gasteiger partial charge on any atom is -0.362 e. The number of anilines is 1. The molecule has 0 amide bonds. The quantitative estimate of drug-likeness (QED) is 0.729. The molecule has 1 N–H and O–H groups in total. The van der Waals surface area contributed by atoms with E-state index < -0.39 is 0 Å². The van der Waals surface area contributed by atoms with E-state index in [1.807, 2.05) is 0 Å². The first-order valence-electron chi connectivity index (χ1n) is 6.36. The van der Waals surface area contributed by atoms with Gasteiger partial charge in [0.2, 0.25) is 0 Å². The van der Waals surface area contributed by atoms with Gasteiger partial charge in [-0.2, -0.15) is 0 Å². The van der Waals surface area contributed by atoms with Gasteiger partial charge in [0.15, 0.2) is 0 Å². The SMILES string of the molecule is Cc1csc2c(NC(C)c3ccc(Br)cc3)ncnc12. The summed E-state index contributed by atoms with van der Waals surface area (Å²) in [4.78, 5) is 8.73. The zero-order chi connectivity index (χ0) is 14.1. The highest BCUT2D eigenvalue weighted by atomic mass is 79.9. The fraction of sp³-hybridized carbons (Fsp3) is 0.200. The average molecular weight is 348 g/mol. The molecule has 0 aliphatic rings. The van der Waals surface area contributed by atoms with E-state index in [-0.39, 0.29) is 6.04 Å². The van der Waals surface area contributed by atoms with Crippen molar-refractivity contribution in [1.82, 2.24) is 9.97 Å². The number of halogens is 1. The smallest absolute Gasteiger partial charge is 0.147 e. The van der Waals surface area contributed by atoms with Crippen LogP contribution in [-0.4, -0.2) is 9.97 Å². The Morgan fingerprint density at radius 2 is 1.95 bits per heavy atom. The second-order valence-electron chi connectivity index (χ2n) is 4.74. The molecule has 1 atom stereocenters. The molecule has 2 heterocycles. The third-order valence-corrected chi connectivity index (χ3v) is 4.88. The van der Waals surface area contributed by atoms with Gasteiger partial charge in [-0.3, -0.25) is 0 Å². The van der Waals surface area contributed by atoms with E-state index in [1.165, 1.54) is 11.1 Å². The summed E-state index contributed by atoms with van der Waals surface area (Å²) in [5.41, 5.74) is 3.47. The zero-order valence-electron chi connectivity index (χ0n) is 11.2. The highest BCUT2D eigenvalue weighted by molar-refractivity contribution is 9.10. The van der Waals surface area contributed by atoms with Gasteiger partial charge in [0.25, 0.3) is 0 Å². The molecule has 20 heavy (non-hydrogen) atoms. The summed E-state index contributed by atoms with van der Waals surface area (Å²) in [6.45, 7) is 4.21. The lowest BCUT2D eigenvalue weighted by Gasteiger charge is -2.15. The molecule has 0 bridgehead atoms. The topological polar surface area (TPSA) is 37.8 Å². The number of thiophene rings is 1. The maximum atomic E-state index is 4.38. The van der Waals surface area contributed by atoms with E-state index in [4.69, 9.17) is 0 Å². The van der Waals surface area contributed by atoms with Crippen LogP contribution in [-0.2, 0) is 0 Å². The predicted molar refractivity (Wildman–Crippen MR) is 88.3 cm³/mol. The summed E-state index contributed by atoms with van der Waals surface area (Å²) in [5, 5.41) is 5.60. The number of nitrogens with one attached hydrogen (secondary N) is 1. The Hall–Kier alpha value is -1.46. The van der Waals surface area contributed by atoms with Crippen LogP contribution in [0.3, 0.4) is 0 Å². The molecular weight excluding hydrogens is 334 g/mol. The van der Waals surface area contributed by atoms with E-state index in [9.17, 15) is 0 Å². The average Bonchev–Trinajstić information content (AvgIpc) is 2.82.